The van der Waals surface area contributed by atoms with E-state index in [0.29, 0.717) is 10.5 Å². The van der Waals surface area contributed by atoms with E-state index in [1.54, 1.807) is 6.92 Å². The van der Waals surface area contributed by atoms with Crippen LogP contribution in [-0.2, 0) is 5.33 Å². The van der Waals surface area contributed by atoms with Gasteiger partial charge in [0.1, 0.15) is 0 Å². The topological polar surface area (TPSA) is 17.1 Å². The predicted molar refractivity (Wildman–Crippen MR) is 66.0 cm³/mol. The van der Waals surface area contributed by atoms with Crippen molar-refractivity contribution in [2.45, 2.75) is 22.5 Å². The van der Waals surface area contributed by atoms with E-state index in [4.69, 9.17) is 11.6 Å². The van der Waals surface area contributed by atoms with Crippen LogP contribution in [0.5, 0.6) is 0 Å². The molecule has 1 aromatic rings. The Balaban J connectivity index is 3.12. The van der Waals surface area contributed by atoms with Gasteiger partial charge in [-0.05, 0) is 24.6 Å². The number of ketones is 1. The van der Waals surface area contributed by atoms with Gasteiger partial charge < -0.3 is 0 Å². The normalized spacial score (nSPS) is 12.6. The summed E-state index contributed by atoms with van der Waals surface area (Å²) in [6.07, 6.45) is 0. The molecule has 0 aromatic heterocycles. The molecule has 0 amide bonds. The summed E-state index contributed by atoms with van der Waals surface area (Å²) < 4.78 is 0. The fourth-order valence-electron chi connectivity index (χ4n) is 1.08. The zero-order valence-corrected chi connectivity index (χ0v) is 10.9. The molecule has 4 heteroatoms. The molecule has 0 aliphatic carbocycles. The molecule has 0 saturated carbocycles. The summed E-state index contributed by atoms with van der Waals surface area (Å²) >= 11 is 13.3. The molecule has 1 atom stereocenters. The van der Waals surface area contributed by atoms with E-state index < -0.39 is 5.38 Å². The first kappa shape index (κ1) is 12.1. The van der Waals surface area contributed by atoms with Crippen LogP contribution in [-0.4, -0.2) is 11.2 Å². The molecule has 0 heterocycles. The van der Waals surface area contributed by atoms with Crippen LogP contribution in [0.1, 0.15) is 22.8 Å². The van der Waals surface area contributed by atoms with Gasteiger partial charge in [-0.15, -0.1) is 24.2 Å². The second-order valence-corrected chi connectivity index (χ2v) is 4.66. The van der Waals surface area contributed by atoms with Crippen molar-refractivity contribution < 1.29 is 4.79 Å². The third-order valence-electron chi connectivity index (χ3n) is 1.84. The molecule has 0 aliphatic rings. The first-order valence-corrected chi connectivity index (χ1v) is 6.13. The quantitative estimate of drug-likeness (QED) is 0.511. The van der Waals surface area contributed by atoms with Crippen LogP contribution in [0.25, 0.3) is 0 Å². The number of hydrogen-bond donors (Lipinski definition) is 1. The maximum absolute atomic E-state index is 11.6. The molecule has 0 fully saturated rings. The van der Waals surface area contributed by atoms with E-state index >= 15 is 0 Å². The summed E-state index contributed by atoms with van der Waals surface area (Å²) in [6.45, 7) is 1.66. The summed E-state index contributed by atoms with van der Waals surface area (Å²) in [4.78, 5) is 12.3. The highest BCUT2D eigenvalue weighted by Crippen LogP contribution is 2.20. The zero-order valence-electron chi connectivity index (χ0n) is 7.63. The molecule has 1 nitrogen and oxygen atoms in total. The van der Waals surface area contributed by atoms with Crippen LogP contribution >= 0.6 is 40.2 Å². The van der Waals surface area contributed by atoms with Gasteiger partial charge in [0, 0.05) is 15.8 Å². The number of thiol groups is 1. The van der Waals surface area contributed by atoms with E-state index in [2.05, 4.69) is 28.6 Å². The average molecular weight is 294 g/mol. The smallest absolute Gasteiger partial charge is 0.181 e. The fraction of sp³-hybridized carbons (Fsp3) is 0.300. The lowest BCUT2D eigenvalue weighted by atomic mass is 10.1. The van der Waals surface area contributed by atoms with Gasteiger partial charge in [-0.1, -0.05) is 22.0 Å². The number of hydrogen-bond acceptors (Lipinski definition) is 2. The Kier molecular flexibility index (Phi) is 4.48. The first-order valence-electron chi connectivity index (χ1n) is 4.12. The predicted octanol–water partition coefficient (Wildman–Crippen LogP) is 3.68. The van der Waals surface area contributed by atoms with Crippen molar-refractivity contribution in [3.8, 4) is 0 Å². The van der Waals surface area contributed by atoms with Gasteiger partial charge in [0.15, 0.2) is 5.78 Å². The Morgan fingerprint density at radius 1 is 1.64 bits per heavy atom. The lowest BCUT2D eigenvalue weighted by molar-refractivity contribution is 0.0989. The zero-order chi connectivity index (χ0) is 10.7. The summed E-state index contributed by atoms with van der Waals surface area (Å²) in [6, 6.07) is 5.55. The molecular formula is C10H10BrClOS. The van der Waals surface area contributed by atoms with Crippen LogP contribution in [0, 0.1) is 0 Å². The molecule has 0 aliphatic heterocycles. The molecule has 1 rings (SSSR count). The minimum atomic E-state index is -0.508. The minimum Gasteiger partial charge on any atom is -0.292 e. The standard InChI is InChI=1S/C10H10BrClOS/c1-6(12)10(13)8-4-7(5-11)2-3-9(8)14/h2-4,6,14H,5H2,1H3. The molecule has 1 aromatic carbocycles. The average Bonchev–Trinajstić information content (AvgIpc) is 2.17. The highest BCUT2D eigenvalue weighted by Gasteiger charge is 2.15. The number of carbonyl (C=O) groups excluding carboxylic acids is 1. The summed E-state index contributed by atoms with van der Waals surface area (Å²) in [5.74, 6) is -0.0838. The van der Waals surface area contributed by atoms with E-state index in [1.165, 1.54) is 0 Å². The van der Waals surface area contributed by atoms with Crippen molar-refractivity contribution in [2.75, 3.05) is 0 Å². The molecule has 76 valence electrons. The molecule has 0 N–H and O–H groups in total. The van der Waals surface area contributed by atoms with Gasteiger partial charge in [0.2, 0.25) is 0 Å². The molecule has 1 unspecified atom stereocenters. The molecular weight excluding hydrogens is 284 g/mol. The lowest BCUT2D eigenvalue weighted by Crippen LogP contribution is -2.11. The Hall–Kier alpha value is 0.01000. The largest absolute Gasteiger partial charge is 0.292 e. The number of rotatable bonds is 3. The van der Waals surface area contributed by atoms with Gasteiger partial charge in [0.05, 0.1) is 5.38 Å². The third kappa shape index (κ3) is 2.75. The van der Waals surface area contributed by atoms with Crippen LogP contribution in [0.15, 0.2) is 23.1 Å². The highest BCUT2D eigenvalue weighted by atomic mass is 79.9. The van der Waals surface area contributed by atoms with Crippen LogP contribution in [0.2, 0.25) is 0 Å². The van der Waals surface area contributed by atoms with E-state index in [-0.39, 0.29) is 5.78 Å². The van der Waals surface area contributed by atoms with Gasteiger partial charge in [-0.3, -0.25) is 4.79 Å². The van der Waals surface area contributed by atoms with Crippen molar-refractivity contribution in [1.29, 1.82) is 0 Å². The molecule has 0 saturated heterocycles. The summed E-state index contributed by atoms with van der Waals surface area (Å²) in [5, 5.41) is 0.212. The third-order valence-corrected chi connectivity index (χ3v) is 3.08. The first-order chi connectivity index (χ1) is 6.56. The lowest BCUT2D eigenvalue weighted by Gasteiger charge is -2.07. The van der Waals surface area contributed by atoms with Crippen LogP contribution < -0.4 is 0 Å². The summed E-state index contributed by atoms with van der Waals surface area (Å²) in [7, 11) is 0. The number of benzene rings is 1. The Labute approximate surface area is 102 Å². The number of halogens is 2. The maximum Gasteiger partial charge on any atom is 0.181 e. The van der Waals surface area contributed by atoms with Crippen LogP contribution in [0.3, 0.4) is 0 Å². The number of alkyl halides is 2. The minimum absolute atomic E-state index is 0.0838. The van der Waals surface area contributed by atoms with E-state index in [1.807, 2.05) is 18.2 Å². The molecule has 0 spiro atoms. The second-order valence-electron chi connectivity index (χ2n) is 2.97. The molecule has 0 radical (unpaired) electrons. The van der Waals surface area contributed by atoms with Crippen molar-refractivity contribution in [1.82, 2.24) is 0 Å². The van der Waals surface area contributed by atoms with Crippen molar-refractivity contribution in [3.63, 3.8) is 0 Å². The summed E-state index contributed by atoms with van der Waals surface area (Å²) in [5.41, 5.74) is 1.64. The number of Topliss-reactive ketones (excluding diaryl/α,β-unsaturated/α-hetero) is 1. The van der Waals surface area contributed by atoms with Gasteiger partial charge in [0.25, 0.3) is 0 Å². The van der Waals surface area contributed by atoms with Crippen molar-refractivity contribution in [2.24, 2.45) is 0 Å². The Morgan fingerprint density at radius 2 is 2.29 bits per heavy atom. The van der Waals surface area contributed by atoms with Crippen molar-refractivity contribution >= 4 is 45.9 Å². The second kappa shape index (κ2) is 5.19. The maximum atomic E-state index is 11.6. The Morgan fingerprint density at radius 3 is 2.79 bits per heavy atom. The fourth-order valence-corrected chi connectivity index (χ4v) is 1.79. The van der Waals surface area contributed by atoms with Gasteiger partial charge >= 0.3 is 0 Å². The van der Waals surface area contributed by atoms with Gasteiger partial charge in [-0.2, -0.15) is 0 Å². The molecule has 14 heavy (non-hydrogen) atoms. The highest BCUT2D eigenvalue weighted by molar-refractivity contribution is 9.08. The number of carbonyl (C=O) groups is 1. The van der Waals surface area contributed by atoms with E-state index in [9.17, 15) is 4.79 Å². The Bertz CT molecular complexity index is 352. The van der Waals surface area contributed by atoms with Crippen LogP contribution in [0.4, 0.5) is 0 Å². The van der Waals surface area contributed by atoms with E-state index in [0.717, 1.165) is 10.9 Å². The monoisotopic (exact) mass is 292 g/mol. The van der Waals surface area contributed by atoms with Gasteiger partial charge in [-0.25, -0.2) is 0 Å². The molecule has 0 bridgehead atoms. The SMILES string of the molecule is CC(Cl)C(=O)c1cc(CBr)ccc1S. The van der Waals surface area contributed by atoms with Crippen molar-refractivity contribution in [3.05, 3.63) is 29.3 Å².